The first-order valence-corrected chi connectivity index (χ1v) is 8.04. The quantitative estimate of drug-likeness (QED) is 0.912. The molecule has 1 saturated heterocycles. The average molecular weight is 274 g/mol. The van der Waals surface area contributed by atoms with Gasteiger partial charge in [0, 0.05) is 18.0 Å². The molecule has 1 heterocycles. The Bertz CT molecular complexity index is 445. The zero-order valence-corrected chi connectivity index (χ0v) is 13.6. The Morgan fingerprint density at radius 1 is 1.25 bits per heavy atom. The topological polar surface area (TPSA) is 29.3 Å². The molecule has 1 atom stereocenters. The summed E-state index contributed by atoms with van der Waals surface area (Å²) in [6, 6.07) is 7.52. The lowest BCUT2D eigenvalue weighted by Crippen LogP contribution is -2.49. The van der Waals surface area contributed by atoms with Gasteiger partial charge in [-0.3, -0.25) is 0 Å². The molecule has 2 heteroatoms. The summed E-state index contributed by atoms with van der Waals surface area (Å²) < 4.78 is 0. The first-order chi connectivity index (χ1) is 9.52. The van der Waals surface area contributed by atoms with Crippen molar-refractivity contribution in [1.29, 1.82) is 0 Å². The predicted octanol–water partition coefficient (Wildman–Crippen LogP) is 3.39. The van der Waals surface area contributed by atoms with E-state index in [4.69, 9.17) is 5.73 Å². The van der Waals surface area contributed by atoms with Crippen LogP contribution in [0.2, 0.25) is 0 Å². The summed E-state index contributed by atoms with van der Waals surface area (Å²) in [6.07, 6.45) is 3.62. The molecule has 1 aliphatic rings. The second kappa shape index (κ2) is 6.28. The number of aryl methyl sites for hydroxylation is 2. The highest BCUT2D eigenvalue weighted by Crippen LogP contribution is 2.37. The predicted molar refractivity (Wildman–Crippen MR) is 87.2 cm³/mol. The van der Waals surface area contributed by atoms with Crippen LogP contribution in [0.5, 0.6) is 0 Å². The van der Waals surface area contributed by atoms with Crippen molar-refractivity contribution < 1.29 is 0 Å². The van der Waals surface area contributed by atoms with Gasteiger partial charge in [-0.05, 0) is 64.3 Å². The van der Waals surface area contributed by atoms with Crippen molar-refractivity contribution in [1.82, 2.24) is 4.90 Å². The number of benzene rings is 1. The van der Waals surface area contributed by atoms with Crippen LogP contribution in [0.4, 0.5) is 0 Å². The van der Waals surface area contributed by atoms with Crippen LogP contribution >= 0.6 is 0 Å². The molecular formula is C18H30N2. The van der Waals surface area contributed by atoms with Gasteiger partial charge in [-0.25, -0.2) is 0 Å². The van der Waals surface area contributed by atoms with E-state index >= 15 is 0 Å². The van der Waals surface area contributed by atoms with E-state index in [1.165, 1.54) is 49.0 Å². The number of likely N-dealkylation sites (tertiary alicyclic amines) is 1. The zero-order valence-electron chi connectivity index (χ0n) is 13.6. The van der Waals surface area contributed by atoms with Gasteiger partial charge >= 0.3 is 0 Å². The summed E-state index contributed by atoms with van der Waals surface area (Å²) >= 11 is 0. The van der Waals surface area contributed by atoms with Crippen LogP contribution in [-0.2, 0) is 5.41 Å². The first-order valence-electron chi connectivity index (χ1n) is 8.04. The SMILES string of the molecule is CCC(C)N1CCC(CN)(c2cc(C)ccc2C)CC1. The van der Waals surface area contributed by atoms with Crippen LogP contribution in [0.1, 0.15) is 49.8 Å². The zero-order chi connectivity index (χ0) is 14.8. The molecule has 2 nitrogen and oxygen atoms in total. The minimum Gasteiger partial charge on any atom is -0.330 e. The van der Waals surface area contributed by atoms with Crippen LogP contribution in [0.15, 0.2) is 18.2 Å². The fourth-order valence-corrected chi connectivity index (χ4v) is 3.54. The third kappa shape index (κ3) is 2.91. The minimum absolute atomic E-state index is 0.195. The number of rotatable bonds is 4. The Morgan fingerprint density at radius 3 is 2.45 bits per heavy atom. The van der Waals surface area contributed by atoms with Gasteiger partial charge in [-0.2, -0.15) is 0 Å². The lowest BCUT2D eigenvalue weighted by atomic mass is 9.71. The summed E-state index contributed by atoms with van der Waals surface area (Å²) in [6.45, 7) is 12.2. The van der Waals surface area contributed by atoms with E-state index in [9.17, 15) is 0 Å². The van der Waals surface area contributed by atoms with Crippen molar-refractivity contribution in [2.24, 2.45) is 5.73 Å². The van der Waals surface area contributed by atoms with Crippen LogP contribution in [0, 0.1) is 13.8 Å². The molecule has 1 aliphatic heterocycles. The number of hydrogen-bond acceptors (Lipinski definition) is 2. The second-order valence-corrected chi connectivity index (χ2v) is 6.60. The molecule has 0 bridgehead atoms. The van der Waals surface area contributed by atoms with Crippen molar-refractivity contribution in [2.45, 2.75) is 58.4 Å². The maximum absolute atomic E-state index is 6.22. The molecule has 0 amide bonds. The normalized spacial score (nSPS) is 20.9. The molecule has 0 radical (unpaired) electrons. The molecule has 1 unspecified atom stereocenters. The molecule has 1 aromatic rings. The second-order valence-electron chi connectivity index (χ2n) is 6.60. The lowest BCUT2D eigenvalue weighted by molar-refractivity contribution is 0.122. The third-order valence-corrected chi connectivity index (χ3v) is 5.32. The Hall–Kier alpha value is -0.860. The van der Waals surface area contributed by atoms with E-state index in [1.807, 2.05) is 0 Å². The van der Waals surface area contributed by atoms with Crippen LogP contribution < -0.4 is 5.73 Å². The smallest absolute Gasteiger partial charge is 0.0102 e. The van der Waals surface area contributed by atoms with Gasteiger partial charge in [0.25, 0.3) is 0 Å². The molecule has 1 aromatic carbocycles. The molecule has 112 valence electrons. The van der Waals surface area contributed by atoms with Crippen LogP contribution in [0.3, 0.4) is 0 Å². The minimum atomic E-state index is 0.195. The van der Waals surface area contributed by atoms with E-state index in [0.29, 0.717) is 6.04 Å². The van der Waals surface area contributed by atoms with Gasteiger partial charge in [-0.15, -0.1) is 0 Å². The fraction of sp³-hybridized carbons (Fsp3) is 0.667. The van der Waals surface area contributed by atoms with E-state index in [-0.39, 0.29) is 5.41 Å². The van der Waals surface area contributed by atoms with Gasteiger partial charge in [0.1, 0.15) is 0 Å². The summed E-state index contributed by atoms with van der Waals surface area (Å²) in [5, 5.41) is 0. The standard InChI is InChI=1S/C18H30N2/c1-5-16(4)20-10-8-18(13-19,9-11-20)17-12-14(2)6-7-15(17)3/h6-7,12,16H,5,8-11,13,19H2,1-4H3. The van der Waals surface area contributed by atoms with Gasteiger partial charge in [-0.1, -0.05) is 30.7 Å². The number of hydrogen-bond donors (Lipinski definition) is 1. The molecule has 0 saturated carbocycles. The molecule has 0 spiro atoms. The van der Waals surface area contributed by atoms with E-state index in [0.717, 1.165) is 6.54 Å². The molecule has 0 aromatic heterocycles. The van der Waals surface area contributed by atoms with E-state index in [2.05, 4.69) is 50.8 Å². The summed E-state index contributed by atoms with van der Waals surface area (Å²) in [5.41, 5.74) is 10.7. The highest BCUT2D eigenvalue weighted by molar-refractivity contribution is 5.37. The molecule has 2 N–H and O–H groups in total. The fourth-order valence-electron chi connectivity index (χ4n) is 3.54. The van der Waals surface area contributed by atoms with Crippen molar-refractivity contribution in [2.75, 3.05) is 19.6 Å². The van der Waals surface area contributed by atoms with Crippen molar-refractivity contribution in [3.8, 4) is 0 Å². The summed E-state index contributed by atoms with van der Waals surface area (Å²) in [4.78, 5) is 2.62. The van der Waals surface area contributed by atoms with Crippen LogP contribution in [-0.4, -0.2) is 30.6 Å². The third-order valence-electron chi connectivity index (χ3n) is 5.32. The number of nitrogens with two attached hydrogens (primary N) is 1. The average Bonchev–Trinajstić information content (AvgIpc) is 2.49. The molecule has 0 aliphatic carbocycles. The lowest BCUT2D eigenvalue weighted by Gasteiger charge is -2.44. The van der Waals surface area contributed by atoms with E-state index in [1.54, 1.807) is 0 Å². The summed E-state index contributed by atoms with van der Waals surface area (Å²) in [7, 11) is 0. The first kappa shape index (κ1) is 15.5. The largest absolute Gasteiger partial charge is 0.330 e. The van der Waals surface area contributed by atoms with Crippen LogP contribution in [0.25, 0.3) is 0 Å². The van der Waals surface area contributed by atoms with E-state index < -0.39 is 0 Å². The van der Waals surface area contributed by atoms with Gasteiger partial charge < -0.3 is 10.6 Å². The summed E-state index contributed by atoms with van der Waals surface area (Å²) in [5.74, 6) is 0. The maximum Gasteiger partial charge on any atom is 0.0102 e. The Labute approximate surface area is 124 Å². The van der Waals surface area contributed by atoms with Gasteiger partial charge in [0.05, 0.1) is 0 Å². The Morgan fingerprint density at radius 2 is 1.90 bits per heavy atom. The van der Waals surface area contributed by atoms with Gasteiger partial charge in [0.2, 0.25) is 0 Å². The highest BCUT2D eigenvalue weighted by atomic mass is 15.2. The highest BCUT2D eigenvalue weighted by Gasteiger charge is 2.36. The van der Waals surface area contributed by atoms with Crippen molar-refractivity contribution in [3.63, 3.8) is 0 Å². The molecule has 20 heavy (non-hydrogen) atoms. The number of piperidine rings is 1. The molecule has 1 fully saturated rings. The van der Waals surface area contributed by atoms with Crippen molar-refractivity contribution >= 4 is 0 Å². The molecule has 2 rings (SSSR count). The van der Waals surface area contributed by atoms with Crippen molar-refractivity contribution in [3.05, 3.63) is 34.9 Å². The van der Waals surface area contributed by atoms with Gasteiger partial charge in [0.15, 0.2) is 0 Å². The molecular weight excluding hydrogens is 244 g/mol. The maximum atomic E-state index is 6.22. The Balaban J connectivity index is 2.22. The number of nitrogens with zero attached hydrogens (tertiary/aromatic N) is 1. The Kier molecular flexibility index (Phi) is 4.87. The monoisotopic (exact) mass is 274 g/mol.